The van der Waals surface area contributed by atoms with Crippen LogP contribution in [0.3, 0.4) is 0 Å². The Bertz CT molecular complexity index is 2510. The third kappa shape index (κ3) is 50.9. The van der Waals surface area contributed by atoms with Crippen molar-refractivity contribution in [1.29, 1.82) is 0 Å². The van der Waals surface area contributed by atoms with Crippen molar-refractivity contribution in [3.05, 3.63) is 48.5 Å². The van der Waals surface area contributed by atoms with E-state index in [0.29, 0.717) is 19.3 Å². The summed E-state index contributed by atoms with van der Waals surface area (Å²) in [5.41, 5.74) is 0. The van der Waals surface area contributed by atoms with Gasteiger partial charge in [0.2, 0.25) is 9.84 Å². The van der Waals surface area contributed by atoms with Crippen molar-refractivity contribution in [1.82, 2.24) is 0 Å². The number of rotatable bonds is 78. The molecule has 0 bridgehead atoms. The van der Waals surface area contributed by atoms with E-state index in [1.165, 1.54) is 105 Å². The summed E-state index contributed by atoms with van der Waals surface area (Å²) in [5, 5.41) is 114. The molecular weight excluding hydrogens is 1490 g/mol. The lowest BCUT2D eigenvalue weighted by atomic mass is 10.1. The number of hydrogen-bond donors (Lipinski definition) is 11. The quantitative estimate of drug-likeness (QED) is 0.0315. The molecule has 37 nitrogen and oxygen atoms in total. The highest BCUT2D eigenvalue weighted by Gasteiger charge is 2.26. The van der Waals surface area contributed by atoms with Crippen molar-refractivity contribution < 1.29 is 178 Å². The zero-order valence-electron chi connectivity index (χ0n) is 65.1. The standard InChI is InChI=1S/C72H130O37S/c1-86-22-52(75)28-94-45-69(109-51-70(106-36-57(80)27-91-6)48-95-29-53(76)23-87-2)46-98-30-58(81)37-100-61-12-16-71(17-13-61)110(84,85)72-18-14-62(15-19-72)107-50-65(21-74)108-49-64(11-9-10-63(20-73)101-38-59(82)31-96-42-66(40-92-7)103-33-54(77)24-88-3)102-39-60(83)32-97-44-68(105-35-56(79)26-90-5)47-99-43-67(41-93-8)104-34-55(78)25-89-4/h12-19,52-60,63-70,73-83H,9-11,20-51H2,1-8H3. The number of benzene rings is 2. The molecule has 38 heteroatoms. The number of ether oxygens (including phenoxy) is 24. The highest BCUT2D eigenvalue weighted by Crippen LogP contribution is 2.26. The van der Waals surface area contributed by atoms with Gasteiger partial charge in [-0.3, -0.25) is 0 Å². The van der Waals surface area contributed by atoms with Crippen LogP contribution in [0.4, 0.5) is 0 Å². The summed E-state index contributed by atoms with van der Waals surface area (Å²) >= 11 is 0. The topological polar surface area (TPSA) is 478 Å². The molecule has 0 heterocycles. The number of methoxy groups -OCH3 is 8. The van der Waals surface area contributed by atoms with Crippen molar-refractivity contribution in [3.8, 4) is 11.5 Å². The highest BCUT2D eigenvalue weighted by atomic mass is 32.2. The van der Waals surface area contributed by atoms with Crippen LogP contribution in [0.2, 0.25) is 0 Å². The molecule has 0 amide bonds. The maximum Gasteiger partial charge on any atom is 0.206 e. The van der Waals surface area contributed by atoms with Crippen LogP contribution >= 0.6 is 0 Å². The van der Waals surface area contributed by atoms with Crippen molar-refractivity contribution >= 4 is 9.84 Å². The summed E-state index contributed by atoms with van der Waals surface area (Å²) in [5.74, 6) is 0.505. The molecule has 2 aromatic carbocycles. The summed E-state index contributed by atoms with van der Waals surface area (Å²) < 4.78 is 161. The zero-order chi connectivity index (χ0) is 81.0. The van der Waals surface area contributed by atoms with E-state index in [-0.39, 0.29) is 226 Å². The van der Waals surface area contributed by atoms with Crippen LogP contribution in [-0.4, -0.2) is 437 Å². The first-order chi connectivity index (χ1) is 53.1. The summed E-state index contributed by atoms with van der Waals surface area (Å²) in [6.07, 6.45) is -13.4. The minimum Gasteiger partial charge on any atom is -0.491 e. The fraction of sp³-hybridized carbons (Fsp3) is 0.833. The van der Waals surface area contributed by atoms with Crippen LogP contribution in [-0.2, 0) is 114 Å². The van der Waals surface area contributed by atoms with Crippen LogP contribution < -0.4 is 9.47 Å². The molecule has 17 atom stereocenters. The maximum atomic E-state index is 13.8. The molecule has 11 N–H and O–H groups in total. The first kappa shape index (κ1) is 103. The molecule has 0 aliphatic rings. The zero-order valence-corrected chi connectivity index (χ0v) is 65.9. The van der Waals surface area contributed by atoms with Gasteiger partial charge in [0, 0.05) is 56.9 Å². The third-order valence-corrected chi connectivity index (χ3v) is 17.1. The Morgan fingerprint density at radius 1 is 0.245 bits per heavy atom. The van der Waals surface area contributed by atoms with Crippen LogP contribution in [0, 0.1) is 0 Å². The molecule has 0 radical (unpaired) electrons. The Morgan fingerprint density at radius 3 is 0.800 bits per heavy atom. The predicted octanol–water partition coefficient (Wildman–Crippen LogP) is -2.97. The summed E-state index contributed by atoms with van der Waals surface area (Å²) in [6, 6.07) is 11.2. The summed E-state index contributed by atoms with van der Waals surface area (Å²) in [6.45, 7) is -2.36. The maximum absolute atomic E-state index is 13.8. The Labute approximate surface area is 646 Å². The molecule has 0 aromatic heterocycles. The van der Waals surface area contributed by atoms with Gasteiger partial charge in [0.05, 0.1) is 220 Å². The van der Waals surface area contributed by atoms with Gasteiger partial charge in [-0.25, -0.2) is 8.42 Å². The van der Waals surface area contributed by atoms with Gasteiger partial charge < -0.3 is 170 Å². The van der Waals surface area contributed by atoms with Gasteiger partial charge in [0.25, 0.3) is 0 Å². The second-order valence-corrected chi connectivity index (χ2v) is 27.7. The van der Waals surface area contributed by atoms with E-state index >= 15 is 0 Å². The van der Waals surface area contributed by atoms with Gasteiger partial charge in [0.1, 0.15) is 116 Å². The third-order valence-electron chi connectivity index (χ3n) is 15.3. The SMILES string of the molecule is COCC(O)COCC(COCC(O)COc1ccc(S(=O)(=O)c2ccc(OCC(CO)OCC(CCCC(CO)OCC(O)COCC(COC)OCC(O)COC)OCC(O)COCC(COCC(COC)OCC(O)COC)OCC(O)COC)cc2)cc1)OCC(COCC(O)COC)OCC(O)COC. The minimum atomic E-state index is -4.07. The van der Waals surface area contributed by atoms with E-state index in [1.807, 2.05) is 0 Å². The lowest BCUT2D eigenvalue weighted by Crippen LogP contribution is -2.37. The molecule has 0 fully saturated rings. The second-order valence-electron chi connectivity index (χ2n) is 25.8. The van der Waals surface area contributed by atoms with Gasteiger partial charge in [-0.1, -0.05) is 0 Å². The van der Waals surface area contributed by atoms with E-state index in [4.69, 9.17) is 114 Å². The Balaban J connectivity index is 2.12. The summed E-state index contributed by atoms with van der Waals surface area (Å²) in [7, 11) is 7.60. The monoisotopic (exact) mass is 1620 g/mol. The summed E-state index contributed by atoms with van der Waals surface area (Å²) in [4.78, 5) is -0.114. The first-order valence-electron chi connectivity index (χ1n) is 36.4. The molecule has 0 spiro atoms. The molecule has 0 saturated heterocycles. The van der Waals surface area contributed by atoms with E-state index < -0.39 is 120 Å². The molecule has 110 heavy (non-hydrogen) atoms. The number of aliphatic hydroxyl groups is 11. The molecule has 0 aliphatic heterocycles. The second kappa shape index (κ2) is 65.8. The van der Waals surface area contributed by atoms with E-state index in [1.54, 1.807) is 0 Å². The fourth-order valence-corrected chi connectivity index (χ4v) is 11.0. The Kier molecular flexibility index (Phi) is 61.4. The van der Waals surface area contributed by atoms with Crippen LogP contribution in [0.15, 0.2) is 58.3 Å². The Morgan fingerprint density at radius 2 is 0.473 bits per heavy atom. The molecule has 646 valence electrons. The number of sulfone groups is 1. The predicted molar refractivity (Wildman–Crippen MR) is 389 cm³/mol. The van der Waals surface area contributed by atoms with Gasteiger partial charge in [0.15, 0.2) is 0 Å². The molecule has 0 aliphatic carbocycles. The molecule has 0 saturated carbocycles. The molecule has 2 rings (SSSR count). The number of aliphatic hydroxyl groups excluding tert-OH is 11. The highest BCUT2D eigenvalue weighted by molar-refractivity contribution is 7.91. The minimum absolute atomic E-state index is 0.0104. The van der Waals surface area contributed by atoms with Crippen LogP contribution in [0.1, 0.15) is 19.3 Å². The lowest BCUT2D eigenvalue weighted by molar-refractivity contribution is -0.133. The van der Waals surface area contributed by atoms with Crippen LogP contribution in [0.25, 0.3) is 0 Å². The largest absolute Gasteiger partial charge is 0.491 e. The Hall–Kier alpha value is -3.33. The smallest absolute Gasteiger partial charge is 0.206 e. The van der Waals surface area contributed by atoms with Gasteiger partial charge in [-0.2, -0.15) is 0 Å². The first-order valence-corrected chi connectivity index (χ1v) is 37.9. The van der Waals surface area contributed by atoms with E-state index in [9.17, 15) is 64.6 Å². The van der Waals surface area contributed by atoms with E-state index in [2.05, 4.69) is 0 Å². The van der Waals surface area contributed by atoms with Crippen molar-refractivity contribution in [2.24, 2.45) is 0 Å². The number of hydrogen-bond acceptors (Lipinski definition) is 37. The van der Waals surface area contributed by atoms with Crippen molar-refractivity contribution in [2.75, 3.05) is 268 Å². The normalized spacial score (nSPS) is 16.9. The molecule has 17 unspecified atom stereocenters. The average Bonchev–Trinajstić information content (AvgIpc) is 0.803. The lowest BCUT2D eigenvalue weighted by Gasteiger charge is -2.25. The molecule has 2 aromatic rings. The molecular formula is C72H130O37S. The fourth-order valence-electron chi connectivity index (χ4n) is 9.78. The van der Waals surface area contributed by atoms with Gasteiger partial charge in [-0.15, -0.1) is 0 Å². The van der Waals surface area contributed by atoms with Gasteiger partial charge in [-0.05, 0) is 67.8 Å². The van der Waals surface area contributed by atoms with Crippen molar-refractivity contribution in [3.63, 3.8) is 0 Å². The van der Waals surface area contributed by atoms with E-state index in [0.717, 1.165) is 0 Å². The van der Waals surface area contributed by atoms with Crippen LogP contribution in [0.5, 0.6) is 11.5 Å². The van der Waals surface area contributed by atoms with Crippen molar-refractivity contribution in [2.45, 2.75) is 133 Å². The van der Waals surface area contributed by atoms with Gasteiger partial charge >= 0.3 is 0 Å². The average molecular weight is 1620 g/mol.